The molecule has 0 nitrogen and oxygen atoms in total. The van der Waals surface area contributed by atoms with E-state index in [0.29, 0.717) is 6.71 Å². The average Bonchev–Trinajstić information content (AvgIpc) is 2.11. The number of hydrogen-bond donors (Lipinski definition) is 0. The van der Waals surface area contributed by atoms with Crippen LogP contribution >= 0.6 is 0 Å². The van der Waals surface area contributed by atoms with Crippen molar-refractivity contribution >= 4 is 25.5 Å². The summed E-state index contributed by atoms with van der Waals surface area (Å²) in [6.45, 7) is 13.6. The zero-order valence-electron chi connectivity index (χ0n) is 10.2. The number of rotatable bonds is 1. The molecule has 0 bridgehead atoms. The van der Waals surface area contributed by atoms with E-state index in [0.717, 1.165) is 5.46 Å². The van der Waals surface area contributed by atoms with Gasteiger partial charge in [-0.25, -0.2) is 0 Å². The van der Waals surface area contributed by atoms with E-state index < -0.39 is 0 Å². The maximum absolute atomic E-state index is 6.09. The van der Waals surface area contributed by atoms with Gasteiger partial charge in [-0.3, -0.25) is 0 Å². The van der Waals surface area contributed by atoms with E-state index in [2.05, 4.69) is 41.3 Å². The average molecular weight is 184 g/mol. The van der Waals surface area contributed by atoms with Crippen LogP contribution in [-0.2, 0) is 0 Å². The predicted octanol–water partition coefficient (Wildman–Crippen LogP) is 1.68. The summed E-state index contributed by atoms with van der Waals surface area (Å²) < 4.78 is 0. The van der Waals surface area contributed by atoms with Crippen molar-refractivity contribution in [1.29, 1.82) is 0 Å². The molecule has 0 saturated heterocycles. The summed E-state index contributed by atoms with van der Waals surface area (Å²) in [5.41, 5.74) is 7.65. The fourth-order valence-corrected chi connectivity index (χ4v) is 2.26. The first-order chi connectivity index (χ1) is 6.37. The van der Waals surface area contributed by atoms with Crippen LogP contribution in [0.1, 0.15) is 22.3 Å². The van der Waals surface area contributed by atoms with E-state index in [1.165, 1.54) is 27.7 Å². The van der Waals surface area contributed by atoms with Crippen molar-refractivity contribution in [2.75, 3.05) is 0 Å². The van der Waals surface area contributed by atoms with Gasteiger partial charge in [-0.1, -0.05) is 41.3 Å². The maximum Gasteiger partial charge on any atom is 0.170 e. The first-order valence-corrected chi connectivity index (χ1v) is 5.23. The van der Waals surface area contributed by atoms with Crippen molar-refractivity contribution < 1.29 is 0 Å². The third kappa shape index (κ3) is 1.63. The molecular formula is C12H18B2. The SMILES string of the molecule is [B]c1c(C)c(C)c(C)c(B(C)C)c1C. The highest BCUT2D eigenvalue weighted by molar-refractivity contribution is 6.72. The van der Waals surface area contributed by atoms with E-state index in [9.17, 15) is 0 Å². The largest absolute Gasteiger partial charge is 0.170 e. The highest BCUT2D eigenvalue weighted by Crippen LogP contribution is 2.11. The minimum Gasteiger partial charge on any atom is -0.0912 e. The molecule has 72 valence electrons. The van der Waals surface area contributed by atoms with Crippen molar-refractivity contribution in [3.8, 4) is 0 Å². The summed E-state index contributed by atoms with van der Waals surface area (Å²) in [6.07, 6.45) is 0. The van der Waals surface area contributed by atoms with E-state index in [1.54, 1.807) is 0 Å². The van der Waals surface area contributed by atoms with Gasteiger partial charge in [0.15, 0.2) is 6.71 Å². The molecule has 1 aromatic rings. The lowest BCUT2D eigenvalue weighted by molar-refractivity contribution is 1.28. The smallest absolute Gasteiger partial charge is 0.0912 e. The minimum atomic E-state index is 0.552. The predicted molar refractivity (Wildman–Crippen MR) is 67.9 cm³/mol. The Bertz CT molecular complexity index is 336. The first-order valence-electron chi connectivity index (χ1n) is 5.23. The lowest BCUT2D eigenvalue weighted by Gasteiger charge is -2.20. The monoisotopic (exact) mass is 184 g/mol. The van der Waals surface area contributed by atoms with Crippen LogP contribution in [0, 0.1) is 27.7 Å². The molecule has 0 amide bonds. The zero-order valence-corrected chi connectivity index (χ0v) is 10.2. The van der Waals surface area contributed by atoms with Gasteiger partial charge in [0.1, 0.15) is 7.85 Å². The van der Waals surface area contributed by atoms with Gasteiger partial charge in [0.25, 0.3) is 0 Å². The Balaban J connectivity index is 3.60. The molecule has 0 spiro atoms. The van der Waals surface area contributed by atoms with Crippen molar-refractivity contribution in [3.63, 3.8) is 0 Å². The van der Waals surface area contributed by atoms with Gasteiger partial charge in [0.2, 0.25) is 0 Å². The fourth-order valence-electron chi connectivity index (χ4n) is 2.26. The molecule has 2 radical (unpaired) electrons. The molecule has 2 heteroatoms. The van der Waals surface area contributed by atoms with Crippen LogP contribution in [0.3, 0.4) is 0 Å². The van der Waals surface area contributed by atoms with Crippen molar-refractivity contribution in [2.24, 2.45) is 0 Å². The summed E-state index contributed by atoms with van der Waals surface area (Å²) >= 11 is 0. The van der Waals surface area contributed by atoms with Crippen LogP contribution in [-0.4, -0.2) is 14.6 Å². The molecule has 0 N–H and O–H groups in total. The lowest BCUT2D eigenvalue weighted by Crippen LogP contribution is -2.35. The van der Waals surface area contributed by atoms with Crippen LogP contribution in [0.25, 0.3) is 0 Å². The second kappa shape index (κ2) is 3.84. The second-order valence-electron chi connectivity index (χ2n) is 4.48. The zero-order chi connectivity index (χ0) is 11.0. The summed E-state index contributed by atoms with van der Waals surface area (Å²) in [4.78, 5) is 0. The van der Waals surface area contributed by atoms with Crippen LogP contribution in [0.2, 0.25) is 13.6 Å². The third-order valence-corrected chi connectivity index (χ3v) is 3.32. The van der Waals surface area contributed by atoms with E-state index in [1.807, 2.05) is 0 Å². The second-order valence-corrected chi connectivity index (χ2v) is 4.48. The maximum atomic E-state index is 6.09. The molecule has 0 aromatic heterocycles. The fraction of sp³-hybridized carbons (Fsp3) is 0.500. The Hall–Kier alpha value is -0.650. The summed E-state index contributed by atoms with van der Waals surface area (Å²) in [7, 11) is 6.09. The van der Waals surface area contributed by atoms with Crippen molar-refractivity contribution in [3.05, 3.63) is 22.3 Å². The topological polar surface area (TPSA) is 0 Å². The molecule has 14 heavy (non-hydrogen) atoms. The van der Waals surface area contributed by atoms with Crippen molar-refractivity contribution in [1.82, 2.24) is 0 Å². The Kier molecular flexibility index (Phi) is 3.14. The molecule has 0 saturated carbocycles. The Morgan fingerprint density at radius 3 is 1.71 bits per heavy atom. The molecule has 0 atom stereocenters. The van der Waals surface area contributed by atoms with Crippen molar-refractivity contribution in [2.45, 2.75) is 41.3 Å². The van der Waals surface area contributed by atoms with Gasteiger partial charge in [-0.2, -0.15) is 0 Å². The Morgan fingerprint density at radius 2 is 1.29 bits per heavy atom. The van der Waals surface area contributed by atoms with Crippen LogP contribution < -0.4 is 10.9 Å². The van der Waals surface area contributed by atoms with Gasteiger partial charge in [-0.15, -0.1) is 0 Å². The Morgan fingerprint density at radius 1 is 0.786 bits per heavy atom. The molecule has 1 rings (SSSR count). The van der Waals surface area contributed by atoms with Crippen LogP contribution in [0.4, 0.5) is 0 Å². The molecular weight excluding hydrogens is 166 g/mol. The van der Waals surface area contributed by atoms with Crippen LogP contribution in [0.15, 0.2) is 0 Å². The molecule has 0 unspecified atom stereocenters. The minimum absolute atomic E-state index is 0.552. The molecule has 0 aliphatic carbocycles. The van der Waals surface area contributed by atoms with Gasteiger partial charge >= 0.3 is 0 Å². The van der Waals surface area contributed by atoms with Gasteiger partial charge in [0.05, 0.1) is 0 Å². The van der Waals surface area contributed by atoms with Crippen LogP contribution in [0.5, 0.6) is 0 Å². The molecule has 0 heterocycles. The van der Waals surface area contributed by atoms with Gasteiger partial charge in [0, 0.05) is 0 Å². The highest BCUT2D eigenvalue weighted by atomic mass is 14.1. The normalized spacial score (nSPS) is 10.4. The number of hydrogen-bond acceptors (Lipinski definition) is 0. The molecule has 1 aromatic carbocycles. The van der Waals surface area contributed by atoms with E-state index >= 15 is 0 Å². The first kappa shape index (κ1) is 11.4. The summed E-state index contributed by atoms with van der Waals surface area (Å²) in [5.74, 6) is 0. The molecule has 0 aliphatic heterocycles. The quantitative estimate of drug-likeness (QED) is 0.582. The van der Waals surface area contributed by atoms with E-state index in [-0.39, 0.29) is 0 Å². The number of benzene rings is 1. The lowest BCUT2D eigenvalue weighted by atomic mass is 9.46. The van der Waals surface area contributed by atoms with Gasteiger partial charge < -0.3 is 0 Å². The molecule has 0 fully saturated rings. The third-order valence-electron chi connectivity index (χ3n) is 3.32. The Labute approximate surface area is 89.6 Å². The standard InChI is InChI=1S/C12H18B2/c1-7-8(2)11(13)10(4)12(9(7)3)14(5)6/h1-6H3. The van der Waals surface area contributed by atoms with E-state index in [4.69, 9.17) is 7.85 Å². The van der Waals surface area contributed by atoms with Gasteiger partial charge in [-0.05, 0) is 33.3 Å². The molecule has 0 aliphatic rings. The summed E-state index contributed by atoms with van der Waals surface area (Å²) in [6, 6.07) is 0. The summed E-state index contributed by atoms with van der Waals surface area (Å²) in [5, 5.41) is 0. The highest BCUT2D eigenvalue weighted by Gasteiger charge is 2.15.